The van der Waals surface area contributed by atoms with Crippen molar-refractivity contribution >= 4 is 27.5 Å². The van der Waals surface area contributed by atoms with Gasteiger partial charge in [-0.25, -0.2) is 8.42 Å². The van der Waals surface area contributed by atoms with Crippen molar-refractivity contribution in [2.75, 3.05) is 22.8 Å². The van der Waals surface area contributed by atoms with Gasteiger partial charge in [0.2, 0.25) is 10.0 Å². The van der Waals surface area contributed by atoms with Crippen molar-refractivity contribution in [2.24, 2.45) is 0 Å². The van der Waals surface area contributed by atoms with E-state index in [0.29, 0.717) is 0 Å². The number of H-pyrrole nitrogens is 1. The Hall–Kier alpha value is -1.77. The van der Waals surface area contributed by atoms with Crippen LogP contribution >= 0.6 is 0 Å². The minimum Gasteiger partial charge on any atom is -0.465 e. The molecular weight excluding hydrogens is 236 g/mol. The van der Waals surface area contributed by atoms with Crippen LogP contribution in [0.4, 0.5) is 11.5 Å². The van der Waals surface area contributed by atoms with E-state index in [1.807, 2.05) is 0 Å². The van der Waals surface area contributed by atoms with E-state index in [2.05, 4.69) is 19.7 Å². The minimum atomic E-state index is -3.82. The average molecular weight is 248 g/mol. The second-order valence-corrected chi connectivity index (χ2v) is 4.59. The smallest absolute Gasteiger partial charge is 0.323 e. The third kappa shape index (κ3) is 3.42. The molecule has 0 fully saturated rings. The highest BCUT2D eigenvalue weighted by molar-refractivity contribution is 7.93. The zero-order chi connectivity index (χ0) is 12.2. The molecule has 0 atom stereocenters. The lowest BCUT2D eigenvalue weighted by Gasteiger charge is -2.05. The van der Waals surface area contributed by atoms with Crippen molar-refractivity contribution in [3.05, 3.63) is 6.20 Å². The summed E-state index contributed by atoms with van der Waals surface area (Å²) in [5, 5.41) is 5.88. The van der Waals surface area contributed by atoms with Crippen LogP contribution in [0.2, 0.25) is 0 Å². The molecule has 0 saturated heterocycles. The van der Waals surface area contributed by atoms with Crippen molar-refractivity contribution in [3.63, 3.8) is 0 Å². The fourth-order valence-electron chi connectivity index (χ4n) is 0.927. The van der Waals surface area contributed by atoms with Crippen LogP contribution in [0.5, 0.6) is 0 Å². The van der Waals surface area contributed by atoms with E-state index in [9.17, 15) is 13.2 Å². The van der Waals surface area contributed by atoms with E-state index in [0.717, 1.165) is 0 Å². The minimum absolute atomic E-state index is 0.0318. The molecule has 0 aliphatic rings. The van der Waals surface area contributed by atoms with Gasteiger partial charge in [-0.3, -0.25) is 14.6 Å². The number of nitrogen functional groups attached to an aromatic ring is 1. The Kier molecular flexibility index (Phi) is 3.72. The Morgan fingerprint density at radius 3 is 2.88 bits per heavy atom. The summed E-state index contributed by atoms with van der Waals surface area (Å²) in [5.41, 5.74) is 5.55. The van der Waals surface area contributed by atoms with Gasteiger partial charge in [-0.1, -0.05) is 0 Å². The zero-order valence-electron chi connectivity index (χ0n) is 8.56. The number of nitrogens with zero attached hydrogens (tertiary/aromatic N) is 1. The van der Waals surface area contributed by atoms with Gasteiger partial charge in [-0.2, -0.15) is 5.10 Å². The summed E-state index contributed by atoms with van der Waals surface area (Å²) in [4.78, 5) is 11.0. The van der Waals surface area contributed by atoms with Crippen LogP contribution in [0.25, 0.3) is 0 Å². The van der Waals surface area contributed by atoms with E-state index < -0.39 is 21.7 Å². The quantitative estimate of drug-likeness (QED) is 0.591. The van der Waals surface area contributed by atoms with Gasteiger partial charge in [-0.15, -0.1) is 0 Å². The molecule has 0 bridgehead atoms. The summed E-state index contributed by atoms with van der Waals surface area (Å²) < 4.78 is 29.4. The molecule has 0 unspecified atom stereocenters. The molecule has 1 aromatic rings. The summed E-state index contributed by atoms with van der Waals surface area (Å²) in [5.74, 6) is -1.56. The molecule has 0 spiro atoms. The molecule has 0 amide bonds. The molecule has 0 saturated carbocycles. The maximum Gasteiger partial charge on any atom is 0.323 e. The Labute approximate surface area is 92.2 Å². The first-order chi connectivity index (χ1) is 7.44. The predicted molar refractivity (Wildman–Crippen MR) is 57.0 cm³/mol. The van der Waals surface area contributed by atoms with E-state index >= 15 is 0 Å². The van der Waals surface area contributed by atoms with Crippen molar-refractivity contribution in [3.8, 4) is 0 Å². The van der Waals surface area contributed by atoms with Gasteiger partial charge < -0.3 is 10.5 Å². The number of sulfonamides is 1. The van der Waals surface area contributed by atoms with Gasteiger partial charge >= 0.3 is 5.97 Å². The number of carbonyl (C=O) groups is 1. The number of rotatable bonds is 5. The van der Waals surface area contributed by atoms with E-state index in [1.54, 1.807) is 6.92 Å². The lowest BCUT2D eigenvalue weighted by molar-refractivity contribution is -0.139. The first-order valence-corrected chi connectivity index (χ1v) is 6.05. The van der Waals surface area contributed by atoms with Crippen molar-refractivity contribution < 1.29 is 17.9 Å². The lowest BCUT2D eigenvalue weighted by atomic mass is 10.6. The Bertz CT molecular complexity index is 466. The van der Waals surface area contributed by atoms with Crippen molar-refractivity contribution in [1.82, 2.24) is 10.2 Å². The average Bonchev–Trinajstić information content (AvgIpc) is 2.50. The van der Waals surface area contributed by atoms with Crippen molar-refractivity contribution in [2.45, 2.75) is 6.92 Å². The van der Waals surface area contributed by atoms with E-state index in [-0.39, 0.29) is 18.1 Å². The molecule has 0 radical (unpaired) electrons. The first-order valence-electron chi connectivity index (χ1n) is 4.39. The molecule has 1 rings (SSSR count). The first kappa shape index (κ1) is 12.3. The number of ether oxygens (including phenoxy) is 1. The molecule has 1 heterocycles. The standard InChI is InChI=1S/C7H12N4O4S/c1-2-15-6(12)4-16(13,14)11-7-5(8)3-9-10-7/h3H,2,4,8H2,1H3,(H2,9,10,11). The molecule has 90 valence electrons. The van der Waals surface area contributed by atoms with Crippen LogP contribution in [0.3, 0.4) is 0 Å². The maximum atomic E-state index is 11.4. The summed E-state index contributed by atoms with van der Waals surface area (Å²) in [7, 11) is -3.82. The predicted octanol–water partition coefficient (Wildman–Crippen LogP) is -0.703. The molecule has 4 N–H and O–H groups in total. The van der Waals surface area contributed by atoms with Crippen molar-refractivity contribution in [1.29, 1.82) is 0 Å². The van der Waals surface area contributed by atoms with Gasteiger partial charge in [0, 0.05) is 0 Å². The van der Waals surface area contributed by atoms with Gasteiger partial charge in [0.25, 0.3) is 0 Å². The molecule has 8 nitrogen and oxygen atoms in total. The van der Waals surface area contributed by atoms with E-state index in [1.165, 1.54) is 6.20 Å². The number of carbonyl (C=O) groups excluding carboxylic acids is 1. The third-order valence-corrected chi connectivity index (χ3v) is 2.67. The van der Waals surface area contributed by atoms with Crippen LogP contribution in [-0.2, 0) is 19.6 Å². The Morgan fingerprint density at radius 2 is 2.38 bits per heavy atom. The highest BCUT2D eigenvalue weighted by atomic mass is 32.2. The maximum absolute atomic E-state index is 11.4. The number of aromatic amines is 1. The number of esters is 1. The fraction of sp³-hybridized carbons (Fsp3) is 0.429. The number of nitrogens with two attached hydrogens (primary N) is 1. The summed E-state index contributed by atoms with van der Waals surface area (Å²) in [6.45, 7) is 1.71. The van der Waals surface area contributed by atoms with Crippen LogP contribution in [0, 0.1) is 0 Å². The van der Waals surface area contributed by atoms with Crippen LogP contribution in [0.1, 0.15) is 6.92 Å². The van der Waals surface area contributed by atoms with Gasteiger partial charge in [0.1, 0.15) is 0 Å². The molecule has 16 heavy (non-hydrogen) atoms. The van der Waals surface area contributed by atoms with Crippen LogP contribution < -0.4 is 10.5 Å². The number of hydrogen-bond donors (Lipinski definition) is 3. The van der Waals surface area contributed by atoms with Gasteiger partial charge in [0.05, 0.1) is 18.5 Å². The molecular formula is C7H12N4O4S. The topological polar surface area (TPSA) is 127 Å². The van der Waals surface area contributed by atoms with E-state index in [4.69, 9.17) is 5.73 Å². The monoisotopic (exact) mass is 248 g/mol. The normalized spacial score (nSPS) is 11.1. The van der Waals surface area contributed by atoms with Crippen LogP contribution in [0.15, 0.2) is 6.20 Å². The number of anilines is 2. The SMILES string of the molecule is CCOC(=O)CS(=O)(=O)Nc1[nH]ncc1N. The largest absolute Gasteiger partial charge is 0.465 e. The Balaban J connectivity index is 2.66. The Morgan fingerprint density at radius 1 is 1.69 bits per heavy atom. The number of nitrogens with one attached hydrogen (secondary N) is 2. The summed E-state index contributed by atoms with van der Waals surface area (Å²) >= 11 is 0. The molecule has 0 aromatic carbocycles. The zero-order valence-corrected chi connectivity index (χ0v) is 9.37. The van der Waals surface area contributed by atoms with Crippen LogP contribution in [-0.4, -0.2) is 36.9 Å². The number of aromatic nitrogens is 2. The van der Waals surface area contributed by atoms with Gasteiger partial charge in [0.15, 0.2) is 11.6 Å². The fourth-order valence-corrected chi connectivity index (χ4v) is 1.87. The third-order valence-electron chi connectivity index (χ3n) is 1.54. The highest BCUT2D eigenvalue weighted by Crippen LogP contribution is 2.14. The molecule has 0 aliphatic carbocycles. The molecule has 9 heteroatoms. The molecule has 0 aliphatic heterocycles. The molecule has 1 aromatic heterocycles. The second-order valence-electron chi connectivity index (χ2n) is 2.87. The lowest BCUT2D eigenvalue weighted by Crippen LogP contribution is -2.24. The van der Waals surface area contributed by atoms with Gasteiger partial charge in [-0.05, 0) is 6.92 Å². The highest BCUT2D eigenvalue weighted by Gasteiger charge is 2.19. The summed E-state index contributed by atoms with van der Waals surface area (Å²) in [6.07, 6.45) is 1.25. The second kappa shape index (κ2) is 4.84. The number of hydrogen-bond acceptors (Lipinski definition) is 6. The summed E-state index contributed by atoms with van der Waals surface area (Å²) in [6, 6.07) is 0.